The molecule has 0 radical (unpaired) electrons. The minimum Gasteiger partial charge on any atom is -0.383 e. The van der Waals surface area contributed by atoms with Gasteiger partial charge in [-0.3, -0.25) is 14.9 Å². The van der Waals surface area contributed by atoms with E-state index in [0.717, 1.165) is 23.1 Å². The predicted octanol–water partition coefficient (Wildman–Crippen LogP) is 3.70. The van der Waals surface area contributed by atoms with Gasteiger partial charge in [-0.1, -0.05) is 11.6 Å². The third-order valence-corrected chi connectivity index (χ3v) is 5.86. The Kier molecular flexibility index (Phi) is 4.36. The number of nitrogens with two attached hydrogens (primary N) is 1. The summed E-state index contributed by atoms with van der Waals surface area (Å²) in [5, 5.41) is 11.4. The highest BCUT2D eigenvalue weighted by Crippen LogP contribution is 2.47. The molecule has 4 heterocycles. The highest BCUT2D eigenvalue weighted by Gasteiger charge is 2.44. The van der Waals surface area contributed by atoms with Gasteiger partial charge >= 0.3 is 0 Å². The number of rotatable bonds is 4. The molecular formula is C21H18ClN7O. The maximum atomic E-state index is 12.6. The molecule has 0 saturated heterocycles. The molecule has 0 spiro atoms. The van der Waals surface area contributed by atoms with Crippen molar-refractivity contribution in [1.82, 2.24) is 25.1 Å². The summed E-state index contributed by atoms with van der Waals surface area (Å²) in [6.45, 7) is 1.96. The van der Waals surface area contributed by atoms with Crippen LogP contribution >= 0.6 is 11.6 Å². The van der Waals surface area contributed by atoms with E-state index in [-0.39, 0.29) is 17.7 Å². The average Bonchev–Trinajstić information content (AvgIpc) is 3.36. The summed E-state index contributed by atoms with van der Waals surface area (Å²) >= 11 is 6.70. The van der Waals surface area contributed by atoms with Gasteiger partial charge in [0.25, 0.3) is 0 Å². The van der Waals surface area contributed by atoms with Crippen LogP contribution in [0, 0.1) is 12.8 Å². The zero-order valence-electron chi connectivity index (χ0n) is 16.1. The van der Waals surface area contributed by atoms with Crippen LogP contribution in [-0.4, -0.2) is 31.1 Å². The number of aromatic amines is 1. The van der Waals surface area contributed by atoms with Crippen molar-refractivity contribution in [2.45, 2.75) is 19.3 Å². The van der Waals surface area contributed by atoms with Gasteiger partial charge in [-0.2, -0.15) is 5.10 Å². The van der Waals surface area contributed by atoms with Gasteiger partial charge in [0.05, 0.1) is 16.9 Å². The number of carbonyl (C=O) groups excluding carboxylic acids is 1. The number of halogens is 1. The topological polar surface area (TPSA) is 122 Å². The molecular weight excluding hydrogens is 402 g/mol. The third-order valence-electron chi connectivity index (χ3n) is 5.48. The Bertz CT molecular complexity index is 1270. The van der Waals surface area contributed by atoms with Crippen LogP contribution in [0.1, 0.15) is 23.5 Å². The Labute approximate surface area is 176 Å². The maximum absolute atomic E-state index is 12.6. The van der Waals surface area contributed by atoms with E-state index in [1.54, 1.807) is 30.9 Å². The van der Waals surface area contributed by atoms with E-state index in [2.05, 4.69) is 30.5 Å². The highest BCUT2D eigenvalue weighted by atomic mass is 35.5. The lowest BCUT2D eigenvalue weighted by molar-refractivity contribution is -0.117. The number of carbonyl (C=O) groups is 1. The van der Waals surface area contributed by atoms with E-state index in [0.29, 0.717) is 33.1 Å². The Hall–Kier alpha value is -3.52. The quantitative estimate of drug-likeness (QED) is 0.463. The Morgan fingerprint density at radius 2 is 2.17 bits per heavy atom. The summed E-state index contributed by atoms with van der Waals surface area (Å²) in [6, 6.07) is 3.62. The van der Waals surface area contributed by atoms with Crippen LogP contribution in [0.4, 0.5) is 11.6 Å². The Balaban J connectivity index is 1.47. The van der Waals surface area contributed by atoms with Gasteiger partial charge in [0.1, 0.15) is 11.6 Å². The minimum atomic E-state index is -0.0910. The number of nitrogens with one attached hydrogen (secondary N) is 2. The van der Waals surface area contributed by atoms with Gasteiger partial charge in [0, 0.05) is 47.0 Å². The van der Waals surface area contributed by atoms with Crippen LogP contribution in [0.5, 0.6) is 0 Å². The lowest BCUT2D eigenvalue weighted by atomic mass is 10.1. The van der Waals surface area contributed by atoms with Crippen molar-refractivity contribution in [3.05, 3.63) is 59.3 Å². The first-order valence-electron chi connectivity index (χ1n) is 9.48. The van der Waals surface area contributed by atoms with Crippen LogP contribution in [0.25, 0.3) is 22.0 Å². The van der Waals surface area contributed by atoms with E-state index >= 15 is 0 Å². The third kappa shape index (κ3) is 3.15. The number of pyridine rings is 3. The molecule has 1 aliphatic rings. The molecule has 150 valence electrons. The van der Waals surface area contributed by atoms with Crippen LogP contribution in [0.3, 0.4) is 0 Å². The largest absolute Gasteiger partial charge is 0.383 e. The second-order valence-corrected chi connectivity index (χ2v) is 7.81. The van der Waals surface area contributed by atoms with Gasteiger partial charge in [-0.25, -0.2) is 9.97 Å². The molecule has 8 nitrogen and oxygen atoms in total. The molecule has 1 aliphatic carbocycles. The van der Waals surface area contributed by atoms with Gasteiger partial charge in [-0.15, -0.1) is 0 Å². The fourth-order valence-corrected chi connectivity index (χ4v) is 3.99. The minimum absolute atomic E-state index is 0.0745. The first-order chi connectivity index (χ1) is 14.5. The van der Waals surface area contributed by atoms with Crippen molar-refractivity contribution in [2.24, 2.45) is 5.92 Å². The number of nitrogen functional groups attached to an aromatic ring is 1. The van der Waals surface area contributed by atoms with E-state index in [1.807, 2.05) is 19.2 Å². The molecule has 9 heteroatoms. The molecule has 0 aromatic carbocycles. The monoisotopic (exact) mass is 419 g/mol. The number of hydrogen-bond donors (Lipinski definition) is 3. The summed E-state index contributed by atoms with van der Waals surface area (Å²) < 4.78 is 0. The number of fused-ring (bicyclic) bond motifs is 1. The smallest absolute Gasteiger partial charge is 0.229 e. The van der Waals surface area contributed by atoms with Crippen LogP contribution in [0.2, 0.25) is 5.02 Å². The van der Waals surface area contributed by atoms with Crippen LogP contribution < -0.4 is 11.1 Å². The number of nitrogens with zero attached hydrogens (tertiary/aromatic N) is 4. The van der Waals surface area contributed by atoms with E-state index in [9.17, 15) is 4.79 Å². The van der Waals surface area contributed by atoms with Gasteiger partial charge in [0.15, 0.2) is 0 Å². The number of aromatic nitrogens is 5. The molecule has 4 aromatic rings. The zero-order valence-corrected chi connectivity index (χ0v) is 16.8. The SMILES string of the molecule is Cc1ccncc1-c1nc(N)c2cnc(NC(=O)[C@H]3C[C@@H]3c3cn[nH]c3)cc2c1Cl. The molecule has 1 fully saturated rings. The Morgan fingerprint density at radius 3 is 2.93 bits per heavy atom. The predicted molar refractivity (Wildman–Crippen MR) is 115 cm³/mol. The second-order valence-electron chi connectivity index (χ2n) is 7.43. The molecule has 0 bridgehead atoms. The summed E-state index contributed by atoms with van der Waals surface area (Å²) in [5.74, 6) is 0.765. The average molecular weight is 420 g/mol. The van der Waals surface area contributed by atoms with E-state index < -0.39 is 0 Å². The van der Waals surface area contributed by atoms with Crippen molar-refractivity contribution in [3.8, 4) is 11.3 Å². The molecule has 0 aliphatic heterocycles. The molecule has 4 aromatic heterocycles. The maximum Gasteiger partial charge on any atom is 0.229 e. The first kappa shape index (κ1) is 18.5. The molecule has 30 heavy (non-hydrogen) atoms. The first-order valence-corrected chi connectivity index (χ1v) is 9.86. The summed E-state index contributed by atoms with van der Waals surface area (Å²) in [7, 11) is 0. The fraction of sp³-hybridized carbons (Fsp3) is 0.190. The molecule has 0 unspecified atom stereocenters. The summed E-state index contributed by atoms with van der Waals surface area (Å²) in [4.78, 5) is 25.6. The number of amides is 1. The lowest BCUT2D eigenvalue weighted by Gasteiger charge is -2.12. The number of anilines is 2. The van der Waals surface area contributed by atoms with E-state index in [1.165, 1.54) is 0 Å². The van der Waals surface area contributed by atoms with Crippen molar-refractivity contribution >= 4 is 39.9 Å². The summed E-state index contributed by atoms with van der Waals surface area (Å²) in [6.07, 6.45) is 9.37. The zero-order chi connectivity index (χ0) is 20.8. The highest BCUT2D eigenvalue weighted by molar-refractivity contribution is 6.38. The number of H-pyrrole nitrogens is 1. The van der Waals surface area contributed by atoms with Gasteiger partial charge in [-0.05, 0) is 42.5 Å². The molecule has 1 amide bonds. The Morgan fingerprint density at radius 1 is 1.30 bits per heavy atom. The van der Waals surface area contributed by atoms with Crippen molar-refractivity contribution in [3.63, 3.8) is 0 Å². The lowest BCUT2D eigenvalue weighted by Crippen LogP contribution is -2.15. The van der Waals surface area contributed by atoms with Crippen molar-refractivity contribution in [2.75, 3.05) is 11.1 Å². The number of hydrogen-bond acceptors (Lipinski definition) is 6. The van der Waals surface area contributed by atoms with Crippen molar-refractivity contribution < 1.29 is 4.79 Å². The number of aryl methyl sites for hydroxylation is 1. The van der Waals surface area contributed by atoms with Gasteiger partial charge in [0.2, 0.25) is 5.91 Å². The fourth-order valence-electron chi connectivity index (χ4n) is 3.69. The normalized spacial score (nSPS) is 17.8. The molecule has 5 rings (SSSR count). The second kappa shape index (κ2) is 7.07. The van der Waals surface area contributed by atoms with Crippen LogP contribution in [-0.2, 0) is 4.79 Å². The van der Waals surface area contributed by atoms with Crippen molar-refractivity contribution in [1.29, 1.82) is 0 Å². The van der Waals surface area contributed by atoms with Crippen LogP contribution in [0.15, 0.2) is 43.1 Å². The molecule has 4 N–H and O–H groups in total. The van der Waals surface area contributed by atoms with Gasteiger partial charge < -0.3 is 11.1 Å². The standard InChI is InChI=1S/C21H18ClN7O/c1-10-2-3-24-8-15(10)19-18(22)13-5-17(25-9-16(13)20(23)29-19)28-21(30)14-4-12(14)11-6-26-27-7-11/h2-3,5-9,12,14H,4H2,1H3,(H2,23,29)(H,26,27)(H,25,28,30)/t12-,14+/m1/s1. The molecule has 1 saturated carbocycles. The summed E-state index contributed by atoms with van der Waals surface area (Å²) in [5.41, 5.74) is 9.56. The van der Waals surface area contributed by atoms with E-state index in [4.69, 9.17) is 17.3 Å². The molecule has 2 atom stereocenters.